The summed E-state index contributed by atoms with van der Waals surface area (Å²) in [6.45, 7) is 9.89. The third-order valence-electron chi connectivity index (χ3n) is 6.06. The van der Waals surface area contributed by atoms with Gasteiger partial charge in [0.25, 0.3) is 0 Å². The lowest BCUT2D eigenvalue weighted by molar-refractivity contribution is 0.249. The first-order chi connectivity index (χ1) is 8.65. The fraction of sp³-hybridized carbons (Fsp3) is 1.00. The van der Waals surface area contributed by atoms with Crippen molar-refractivity contribution in [3.8, 4) is 0 Å². The summed E-state index contributed by atoms with van der Waals surface area (Å²) in [6.07, 6.45) is 11.9. The number of hydrogen-bond acceptors (Lipinski definition) is 0. The van der Waals surface area contributed by atoms with Crippen molar-refractivity contribution in [3.63, 3.8) is 0 Å². The van der Waals surface area contributed by atoms with Crippen LogP contribution in [0.3, 0.4) is 0 Å². The van der Waals surface area contributed by atoms with Crippen molar-refractivity contribution in [1.29, 1.82) is 0 Å². The van der Waals surface area contributed by atoms with E-state index in [-0.39, 0.29) is 0 Å². The quantitative estimate of drug-likeness (QED) is 0.514. The Morgan fingerprint density at radius 3 is 2.06 bits per heavy atom. The van der Waals surface area contributed by atoms with Gasteiger partial charge in [-0.2, -0.15) is 0 Å². The zero-order chi connectivity index (χ0) is 13.1. The molecule has 0 nitrogen and oxygen atoms in total. The standard InChI is InChI=1S/C18H34/c1-5-6-7-8-9-10-16-12-15(4)17-13(2)11-14(3)18(16)17/h13-18H,5-12H2,1-4H3. The van der Waals surface area contributed by atoms with E-state index in [2.05, 4.69) is 27.7 Å². The van der Waals surface area contributed by atoms with Gasteiger partial charge in [-0.3, -0.25) is 0 Å². The third-order valence-corrected chi connectivity index (χ3v) is 6.06. The summed E-state index contributed by atoms with van der Waals surface area (Å²) in [5.41, 5.74) is 0. The summed E-state index contributed by atoms with van der Waals surface area (Å²) >= 11 is 0. The Bertz CT molecular complexity index is 244. The van der Waals surface area contributed by atoms with E-state index < -0.39 is 0 Å². The topological polar surface area (TPSA) is 0 Å². The zero-order valence-electron chi connectivity index (χ0n) is 13.1. The lowest BCUT2D eigenvalue weighted by Crippen LogP contribution is -2.17. The van der Waals surface area contributed by atoms with Gasteiger partial charge in [0.1, 0.15) is 0 Å². The van der Waals surface area contributed by atoms with E-state index in [9.17, 15) is 0 Å². The van der Waals surface area contributed by atoms with E-state index in [4.69, 9.17) is 0 Å². The molecule has 0 aromatic heterocycles. The highest BCUT2D eigenvalue weighted by molar-refractivity contribution is 4.98. The van der Waals surface area contributed by atoms with E-state index in [0.717, 1.165) is 35.5 Å². The molecule has 0 saturated heterocycles. The summed E-state index contributed by atoms with van der Waals surface area (Å²) < 4.78 is 0. The Labute approximate surface area is 115 Å². The molecule has 6 unspecified atom stereocenters. The van der Waals surface area contributed by atoms with Gasteiger partial charge in [-0.15, -0.1) is 0 Å². The van der Waals surface area contributed by atoms with E-state index in [1.807, 2.05) is 0 Å². The van der Waals surface area contributed by atoms with Gasteiger partial charge in [-0.1, -0.05) is 66.2 Å². The molecule has 2 aliphatic carbocycles. The molecule has 106 valence electrons. The minimum absolute atomic E-state index is 1.00. The second-order valence-corrected chi connectivity index (χ2v) is 7.52. The summed E-state index contributed by atoms with van der Waals surface area (Å²) in [6, 6.07) is 0. The molecular weight excluding hydrogens is 216 g/mol. The van der Waals surface area contributed by atoms with E-state index in [1.165, 1.54) is 51.4 Å². The monoisotopic (exact) mass is 250 g/mol. The van der Waals surface area contributed by atoms with Crippen LogP contribution in [0.4, 0.5) is 0 Å². The van der Waals surface area contributed by atoms with Crippen molar-refractivity contribution in [2.24, 2.45) is 35.5 Å². The minimum atomic E-state index is 1.00. The van der Waals surface area contributed by atoms with E-state index in [0.29, 0.717) is 0 Å². The summed E-state index contributed by atoms with van der Waals surface area (Å²) in [5, 5.41) is 0. The maximum Gasteiger partial charge on any atom is -0.0326 e. The number of hydrogen-bond donors (Lipinski definition) is 0. The molecule has 2 rings (SSSR count). The Morgan fingerprint density at radius 1 is 0.722 bits per heavy atom. The second kappa shape index (κ2) is 6.44. The minimum Gasteiger partial charge on any atom is -0.0654 e. The van der Waals surface area contributed by atoms with Crippen LogP contribution in [0.2, 0.25) is 0 Å². The van der Waals surface area contributed by atoms with Gasteiger partial charge < -0.3 is 0 Å². The van der Waals surface area contributed by atoms with Crippen molar-refractivity contribution in [1.82, 2.24) is 0 Å². The second-order valence-electron chi connectivity index (χ2n) is 7.52. The SMILES string of the molecule is CCCCCCCC1CC(C)C2C(C)CC(C)C12. The largest absolute Gasteiger partial charge is 0.0654 e. The predicted octanol–water partition coefficient (Wildman–Crippen LogP) is 5.91. The molecule has 0 N–H and O–H groups in total. The average molecular weight is 250 g/mol. The molecule has 0 heterocycles. The van der Waals surface area contributed by atoms with Crippen LogP contribution in [0.1, 0.15) is 79.1 Å². The number of fused-ring (bicyclic) bond motifs is 1. The zero-order valence-corrected chi connectivity index (χ0v) is 13.1. The third kappa shape index (κ3) is 2.94. The smallest absolute Gasteiger partial charge is 0.0326 e. The van der Waals surface area contributed by atoms with Crippen LogP contribution >= 0.6 is 0 Å². The van der Waals surface area contributed by atoms with Gasteiger partial charge >= 0.3 is 0 Å². The predicted molar refractivity (Wildman–Crippen MR) is 80.6 cm³/mol. The van der Waals surface area contributed by atoms with Gasteiger partial charge in [0.2, 0.25) is 0 Å². The van der Waals surface area contributed by atoms with Crippen LogP contribution < -0.4 is 0 Å². The van der Waals surface area contributed by atoms with Crippen LogP contribution in [0.5, 0.6) is 0 Å². The molecule has 2 fully saturated rings. The molecule has 0 aromatic rings. The van der Waals surface area contributed by atoms with Crippen molar-refractivity contribution >= 4 is 0 Å². The van der Waals surface area contributed by atoms with Crippen LogP contribution in [-0.4, -0.2) is 0 Å². The molecular formula is C18H34. The Balaban J connectivity index is 1.79. The molecule has 0 spiro atoms. The average Bonchev–Trinajstić information content (AvgIpc) is 2.80. The highest BCUT2D eigenvalue weighted by Gasteiger charge is 2.49. The van der Waals surface area contributed by atoms with Gasteiger partial charge in [0.15, 0.2) is 0 Å². The van der Waals surface area contributed by atoms with E-state index >= 15 is 0 Å². The molecule has 2 saturated carbocycles. The van der Waals surface area contributed by atoms with Crippen LogP contribution in [-0.2, 0) is 0 Å². The Morgan fingerprint density at radius 2 is 1.33 bits per heavy atom. The van der Waals surface area contributed by atoms with Crippen molar-refractivity contribution in [3.05, 3.63) is 0 Å². The number of unbranched alkanes of at least 4 members (excludes halogenated alkanes) is 4. The summed E-state index contributed by atoms with van der Waals surface area (Å²) in [4.78, 5) is 0. The molecule has 0 bridgehead atoms. The summed E-state index contributed by atoms with van der Waals surface area (Å²) in [7, 11) is 0. The first-order valence-corrected chi connectivity index (χ1v) is 8.65. The van der Waals surface area contributed by atoms with Gasteiger partial charge in [-0.25, -0.2) is 0 Å². The normalized spacial score (nSPS) is 43.3. The molecule has 0 aromatic carbocycles. The highest BCUT2D eigenvalue weighted by Crippen LogP contribution is 2.57. The van der Waals surface area contributed by atoms with Crippen LogP contribution in [0, 0.1) is 35.5 Å². The molecule has 0 radical (unpaired) electrons. The maximum absolute atomic E-state index is 2.53. The van der Waals surface area contributed by atoms with Crippen molar-refractivity contribution in [2.45, 2.75) is 79.1 Å². The van der Waals surface area contributed by atoms with Crippen LogP contribution in [0.15, 0.2) is 0 Å². The van der Waals surface area contributed by atoms with Gasteiger partial charge in [0.05, 0.1) is 0 Å². The first kappa shape index (κ1) is 14.4. The van der Waals surface area contributed by atoms with Gasteiger partial charge in [0, 0.05) is 0 Å². The van der Waals surface area contributed by atoms with Gasteiger partial charge in [-0.05, 0) is 48.3 Å². The number of rotatable bonds is 6. The fourth-order valence-electron chi connectivity index (χ4n) is 5.49. The molecule has 6 atom stereocenters. The van der Waals surface area contributed by atoms with Crippen molar-refractivity contribution in [2.75, 3.05) is 0 Å². The fourth-order valence-corrected chi connectivity index (χ4v) is 5.49. The highest BCUT2D eigenvalue weighted by atomic mass is 14.5. The molecule has 18 heavy (non-hydrogen) atoms. The lowest BCUT2D eigenvalue weighted by atomic mass is 9.82. The molecule has 0 amide bonds. The van der Waals surface area contributed by atoms with E-state index in [1.54, 1.807) is 0 Å². The van der Waals surface area contributed by atoms with Crippen molar-refractivity contribution < 1.29 is 0 Å². The molecule has 2 aliphatic rings. The molecule has 0 heteroatoms. The lowest BCUT2D eigenvalue weighted by Gasteiger charge is -2.23. The maximum atomic E-state index is 2.53. The summed E-state index contributed by atoms with van der Waals surface area (Å²) in [5.74, 6) is 6.25. The Kier molecular flexibility index (Phi) is 5.15. The molecule has 0 aliphatic heterocycles. The first-order valence-electron chi connectivity index (χ1n) is 8.65. The van der Waals surface area contributed by atoms with Crippen LogP contribution in [0.25, 0.3) is 0 Å². The Hall–Kier alpha value is 0.